The van der Waals surface area contributed by atoms with E-state index in [0.29, 0.717) is 23.6 Å². The number of carboxylic acid groups (broad SMARTS) is 1. The summed E-state index contributed by atoms with van der Waals surface area (Å²) in [6, 6.07) is 29.7. The molecule has 41 heavy (non-hydrogen) atoms. The van der Waals surface area contributed by atoms with Gasteiger partial charge in [0, 0.05) is 23.4 Å². The van der Waals surface area contributed by atoms with Crippen LogP contribution in [0.15, 0.2) is 102 Å². The first-order chi connectivity index (χ1) is 19.8. The lowest BCUT2D eigenvalue weighted by molar-refractivity contribution is -0.138. The van der Waals surface area contributed by atoms with E-state index in [0.717, 1.165) is 33.8 Å². The second-order valence-electron chi connectivity index (χ2n) is 9.77. The third-order valence-corrected chi connectivity index (χ3v) is 6.59. The van der Waals surface area contributed by atoms with Crippen molar-refractivity contribution >= 4 is 28.7 Å². The van der Waals surface area contributed by atoms with Crippen molar-refractivity contribution in [1.29, 1.82) is 0 Å². The molecule has 1 aliphatic rings. The average molecular weight is 547 g/mol. The van der Waals surface area contributed by atoms with Gasteiger partial charge in [0.05, 0.1) is 17.1 Å². The van der Waals surface area contributed by atoms with Crippen molar-refractivity contribution in [2.75, 3.05) is 16.5 Å². The maximum Gasteiger partial charge on any atom is 0.328 e. The maximum atomic E-state index is 11.5. The summed E-state index contributed by atoms with van der Waals surface area (Å²) >= 11 is 0. The van der Waals surface area contributed by atoms with Gasteiger partial charge in [0.15, 0.2) is 6.04 Å². The van der Waals surface area contributed by atoms with Crippen LogP contribution in [-0.2, 0) is 4.79 Å². The van der Waals surface area contributed by atoms with Gasteiger partial charge >= 0.3 is 5.97 Å². The fraction of sp³-hybridized carbons (Fsp3) is 0.129. The van der Waals surface area contributed by atoms with Crippen molar-refractivity contribution in [2.45, 2.75) is 26.3 Å². The molecule has 2 heterocycles. The number of benzene rings is 4. The third-order valence-electron chi connectivity index (χ3n) is 6.59. The topological polar surface area (TPSA) is 149 Å². The summed E-state index contributed by atoms with van der Waals surface area (Å²) in [5, 5.41) is 28.0. The number of rotatable bonds is 5. The second kappa shape index (κ2) is 11.7. The van der Waals surface area contributed by atoms with Crippen LogP contribution in [0.3, 0.4) is 0 Å². The van der Waals surface area contributed by atoms with Crippen LogP contribution in [0, 0.1) is 13.8 Å². The smallest absolute Gasteiger partial charge is 0.328 e. The van der Waals surface area contributed by atoms with E-state index in [1.165, 1.54) is 10.4 Å². The number of nitrogens with two attached hydrogens (primary N) is 2. The highest BCUT2D eigenvalue weighted by Gasteiger charge is 2.33. The van der Waals surface area contributed by atoms with Crippen molar-refractivity contribution in [2.24, 2.45) is 5.10 Å². The largest absolute Gasteiger partial charge is 0.480 e. The Kier molecular flexibility index (Phi) is 7.73. The molecule has 0 saturated heterocycles. The number of carbonyl (C=O) groups is 1. The number of carboxylic acids is 1. The summed E-state index contributed by atoms with van der Waals surface area (Å²) in [4.78, 5) is 13.0. The Morgan fingerprint density at radius 1 is 0.756 bits per heavy atom. The molecule has 5 aromatic rings. The Balaban J connectivity index is 0.000000166. The molecule has 0 amide bonds. The van der Waals surface area contributed by atoms with E-state index in [9.17, 15) is 9.90 Å². The van der Waals surface area contributed by atoms with E-state index in [-0.39, 0.29) is 0 Å². The first kappa shape index (κ1) is 27.1. The molecule has 5 N–H and O–H groups in total. The summed E-state index contributed by atoms with van der Waals surface area (Å²) in [6.07, 6.45) is 0.378. The van der Waals surface area contributed by atoms with Gasteiger partial charge in [-0.1, -0.05) is 59.7 Å². The molecular weight excluding hydrogens is 516 g/mol. The van der Waals surface area contributed by atoms with Gasteiger partial charge in [0.25, 0.3) is 0 Å². The summed E-state index contributed by atoms with van der Waals surface area (Å²) in [5.41, 5.74) is 19.3. The molecule has 1 unspecified atom stereocenters. The fourth-order valence-corrected chi connectivity index (χ4v) is 4.24. The molecule has 0 fully saturated rings. The van der Waals surface area contributed by atoms with E-state index in [1.54, 1.807) is 29.3 Å². The van der Waals surface area contributed by atoms with Crippen LogP contribution in [0.25, 0.3) is 17.1 Å². The minimum Gasteiger partial charge on any atom is -0.480 e. The Labute approximate surface area is 237 Å². The SMILES string of the molecule is Cc1ccc(-c2nnn(-c3ccc(N)cc3)n2)cc1.Cc1ccc(C2=NN(c3ccc(N)cc3)C(C(=O)O)C2)cc1. The first-order valence-corrected chi connectivity index (χ1v) is 13.0. The number of aromatic nitrogens is 4. The monoisotopic (exact) mass is 546 g/mol. The predicted octanol–water partition coefficient (Wildman–Crippen LogP) is 4.86. The van der Waals surface area contributed by atoms with Gasteiger partial charge in [0.2, 0.25) is 5.82 Å². The van der Waals surface area contributed by atoms with Crippen LogP contribution in [-0.4, -0.2) is 43.0 Å². The Bertz CT molecular complexity index is 1600. The van der Waals surface area contributed by atoms with Crippen LogP contribution >= 0.6 is 0 Å². The molecule has 206 valence electrons. The minimum absolute atomic E-state index is 0.378. The molecule has 1 aromatic heterocycles. The zero-order valence-corrected chi connectivity index (χ0v) is 22.7. The van der Waals surface area contributed by atoms with Crippen molar-refractivity contribution in [1.82, 2.24) is 20.2 Å². The highest BCUT2D eigenvalue weighted by Crippen LogP contribution is 2.28. The van der Waals surface area contributed by atoms with Gasteiger partial charge in [-0.2, -0.15) is 5.10 Å². The molecular formula is C31H30N8O2. The predicted molar refractivity (Wildman–Crippen MR) is 161 cm³/mol. The van der Waals surface area contributed by atoms with E-state index in [2.05, 4.69) is 20.5 Å². The van der Waals surface area contributed by atoms with Gasteiger partial charge in [-0.05, 0) is 73.2 Å². The fourth-order valence-electron chi connectivity index (χ4n) is 4.24. The van der Waals surface area contributed by atoms with Gasteiger partial charge in [-0.25, -0.2) is 4.79 Å². The molecule has 0 saturated carbocycles. The third kappa shape index (κ3) is 6.39. The number of nitrogen functional groups attached to an aromatic ring is 2. The Morgan fingerprint density at radius 3 is 1.80 bits per heavy atom. The standard InChI is InChI=1S/C17H17N3O2.C14H13N5/c1-11-2-4-12(5-3-11)15-10-16(17(21)22)20(19-15)14-8-6-13(18)7-9-14;1-10-2-4-11(5-3-10)14-16-18-19(17-14)13-8-6-12(15)7-9-13/h2-9,16H,10,18H2,1H3,(H,21,22);2-9H,15H2,1H3. The molecule has 6 rings (SSSR count). The number of anilines is 3. The number of nitrogens with zero attached hydrogens (tertiary/aromatic N) is 6. The zero-order chi connectivity index (χ0) is 28.9. The number of tetrazole rings is 1. The molecule has 0 bridgehead atoms. The molecule has 0 spiro atoms. The molecule has 4 aromatic carbocycles. The van der Waals surface area contributed by atoms with Crippen LogP contribution in [0.4, 0.5) is 17.1 Å². The van der Waals surface area contributed by atoms with E-state index in [1.807, 2.05) is 86.6 Å². The molecule has 10 heteroatoms. The minimum atomic E-state index is -0.886. The summed E-state index contributed by atoms with van der Waals surface area (Å²) in [7, 11) is 0. The van der Waals surface area contributed by atoms with Crippen molar-refractivity contribution < 1.29 is 9.90 Å². The van der Waals surface area contributed by atoms with Crippen molar-refractivity contribution in [3.63, 3.8) is 0 Å². The lowest BCUT2D eigenvalue weighted by Gasteiger charge is -2.19. The zero-order valence-electron chi connectivity index (χ0n) is 22.7. The van der Waals surface area contributed by atoms with E-state index in [4.69, 9.17) is 11.5 Å². The van der Waals surface area contributed by atoms with Gasteiger partial charge in [-0.15, -0.1) is 15.0 Å². The van der Waals surface area contributed by atoms with Crippen molar-refractivity contribution in [3.05, 3.63) is 114 Å². The maximum absolute atomic E-state index is 11.5. The Morgan fingerprint density at radius 2 is 1.27 bits per heavy atom. The average Bonchev–Trinajstić information content (AvgIpc) is 3.64. The van der Waals surface area contributed by atoms with Crippen LogP contribution in [0.1, 0.15) is 23.1 Å². The number of hydrogen-bond acceptors (Lipinski definition) is 8. The lowest BCUT2D eigenvalue weighted by Crippen LogP contribution is -2.34. The molecule has 10 nitrogen and oxygen atoms in total. The number of hydrogen-bond donors (Lipinski definition) is 3. The normalized spacial score (nSPS) is 14.2. The van der Waals surface area contributed by atoms with Crippen LogP contribution in [0.2, 0.25) is 0 Å². The molecule has 1 atom stereocenters. The number of aliphatic carboxylic acids is 1. The van der Waals surface area contributed by atoms with E-state index >= 15 is 0 Å². The summed E-state index contributed by atoms with van der Waals surface area (Å²) in [5.74, 6) is -0.278. The lowest BCUT2D eigenvalue weighted by atomic mass is 10.0. The quantitative estimate of drug-likeness (QED) is 0.265. The van der Waals surface area contributed by atoms with Crippen LogP contribution in [0.5, 0.6) is 0 Å². The van der Waals surface area contributed by atoms with Gasteiger partial charge in [0.1, 0.15) is 0 Å². The molecule has 1 aliphatic heterocycles. The first-order valence-electron chi connectivity index (χ1n) is 13.0. The number of hydrazone groups is 1. The molecule has 0 radical (unpaired) electrons. The Hall–Kier alpha value is -5.51. The molecule has 0 aliphatic carbocycles. The number of aryl methyl sites for hydroxylation is 2. The van der Waals surface area contributed by atoms with Crippen molar-refractivity contribution in [3.8, 4) is 17.1 Å². The van der Waals surface area contributed by atoms with Gasteiger partial charge in [-0.3, -0.25) is 5.01 Å². The highest BCUT2D eigenvalue weighted by atomic mass is 16.4. The summed E-state index contributed by atoms with van der Waals surface area (Å²) < 4.78 is 0. The highest BCUT2D eigenvalue weighted by molar-refractivity contribution is 6.06. The summed E-state index contributed by atoms with van der Waals surface area (Å²) in [6.45, 7) is 4.06. The second-order valence-corrected chi connectivity index (χ2v) is 9.77. The van der Waals surface area contributed by atoms with E-state index < -0.39 is 12.0 Å². The van der Waals surface area contributed by atoms with Crippen LogP contribution < -0.4 is 16.5 Å². The van der Waals surface area contributed by atoms with Gasteiger partial charge < -0.3 is 16.6 Å².